The molecule has 5 aliphatic rings. The van der Waals surface area contributed by atoms with Gasteiger partial charge in [0, 0.05) is 0 Å². The van der Waals surface area contributed by atoms with Crippen molar-refractivity contribution >= 4 is 8.78 Å². The number of rotatable bonds is 1. The molecule has 0 bridgehead atoms. The van der Waals surface area contributed by atoms with Gasteiger partial charge in [0.15, 0.2) is 0 Å². The van der Waals surface area contributed by atoms with Crippen LogP contribution in [0.4, 0.5) is 0 Å². The Morgan fingerprint density at radius 3 is 2.02 bits per heavy atom. The fraction of sp³-hybridized carbons (Fsp3) is 0.548. The van der Waals surface area contributed by atoms with Crippen LogP contribution in [-0.4, -0.2) is 3.21 Å². The number of fused-ring (bicyclic) bond motifs is 6. The van der Waals surface area contributed by atoms with Gasteiger partial charge >= 0.3 is 72.4 Å². The summed E-state index contributed by atoms with van der Waals surface area (Å²) < 4.78 is 1.74. The van der Waals surface area contributed by atoms with Crippen LogP contribution in [-0.2, 0) is 30.7 Å². The third kappa shape index (κ3) is 6.31. The molecular formula is C42H56Cl2Zr-2. The zero-order valence-electron chi connectivity index (χ0n) is 29.4. The number of halogens is 2. The fourth-order valence-corrected chi connectivity index (χ4v) is 10.1. The van der Waals surface area contributed by atoms with Crippen LogP contribution in [0.15, 0.2) is 83.5 Å². The average molecular weight is 723 g/mol. The molecule has 3 heteroatoms. The Morgan fingerprint density at radius 2 is 1.47 bits per heavy atom. The van der Waals surface area contributed by atoms with E-state index in [1.165, 1.54) is 56.1 Å². The first-order chi connectivity index (χ1) is 20.3. The zero-order chi connectivity index (χ0) is 31.2. The van der Waals surface area contributed by atoms with Crippen molar-refractivity contribution in [1.29, 1.82) is 0 Å². The number of benzene rings is 1. The second-order valence-corrected chi connectivity index (χ2v) is 17.7. The van der Waals surface area contributed by atoms with Crippen LogP contribution < -0.4 is 24.8 Å². The van der Waals surface area contributed by atoms with Gasteiger partial charge in [0.2, 0.25) is 0 Å². The van der Waals surface area contributed by atoms with E-state index in [0.717, 1.165) is 12.3 Å². The van der Waals surface area contributed by atoms with Crippen molar-refractivity contribution in [3.8, 4) is 0 Å². The van der Waals surface area contributed by atoms with E-state index in [9.17, 15) is 0 Å². The Balaban J connectivity index is 0.000000286. The summed E-state index contributed by atoms with van der Waals surface area (Å²) in [4.78, 5) is 0. The third-order valence-electron chi connectivity index (χ3n) is 13.6. The number of allylic oxidation sites excluding steroid dienone is 6. The van der Waals surface area contributed by atoms with Crippen LogP contribution in [0.25, 0.3) is 5.57 Å². The van der Waals surface area contributed by atoms with Gasteiger partial charge in [-0.05, 0) is 40.6 Å². The van der Waals surface area contributed by atoms with Gasteiger partial charge < -0.3 is 24.8 Å². The van der Waals surface area contributed by atoms with Crippen LogP contribution in [0.3, 0.4) is 0 Å². The first-order valence-corrected chi connectivity index (χ1v) is 18.3. The Kier molecular flexibility index (Phi) is 12.5. The third-order valence-corrected chi connectivity index (χ3v) is 14.6. The van der Waals surface area contributed by atoms with Crippen LogP contribution in [0.5, 0.6) is 0 Å². The molecule has 0 radical (unpaired) electrons. The first-order valence-electron chi connectivity index (χ1n) is 17.1. The molecule has 7 rings (SSSR count). The van der Waals surface area contributed by atoms with E-state index in [4.69, 9.17) is 0 Å². The molecule has 2 unspecified atom stereocenters. The minimum absolute atomic E-state index is 0. The smallest absolute Gasteiger partial charge is 0.172 e. The van der Waals surface area contributed by atoms with Gasteiger partial charge in [-0.3, -0.25) is 0 Å². The number of hydrogen-bond acceptors (Lipinski definition) is 0. The molecule has 2 aromatic carbocycles. The Hall–Kier alpha value is -1.01. The second kappa shape index (κ2) is 14.6. The summed E-state index contributed by atoms with van der Waals surface area (Å²) in [7, 11) is 0. The topological polar surface area (TPSA) is 0 Å². The van der Waals surface area contributed by atoms with Crippen molar-refractivity contribution < 1.29 is 49.0 Å². The minimum Gasteiger partial charge on any atom is -1.00 e. The molecule has 0 aliphatic heterocycles. The summed E-state index contributed by atoms with van der Waals surface area (Å²) in [5, 5.41) is 0. The normalized spacial score (nSPS) is 26.7. The van der Waals surface area contributed by atoms with Crippen molar-refractivity contribution in [2.24, 2.45) is 33.5 Å². The summed E-state index contributed by atoms with van der Waals surface area (Å²) in [6, 6.07) is 19.2. The molecule has 5 aliphatic carbocycles. The first kappa shape index (κ1) is 38.4. The molecule has 0 spiro atoms. The van der Waals surface area contributed by atoms with Crippen LogP contribution >= 0.6 is 0 Å². The van der Waals surface area contributed by atoms with Crippen molar-refractivity contribution in [2.75, 3.05) is 0 Å². The van der Waals surface area contributed by atoms with E-state index in [2.05, 4.69) is 98.7 Å². The van der Waals surface area contributed by atoms with Crippen LogP contribution in [0, 0.1) is 39.4 Å². The summed E-state index contributed by atoms with van der Waals surface area (Å²) in [6.07, 6.45) is 15.9. The van der Waals surface area contributed by atoms with Crippen LogP contribution in [0.1, 0.15) is 118 Å². The molecule has 0 saturated heterocycles. The monoisotopic (exact) mass is 720 g/mol. The van der Waals surface area contributed by atoms with Crippen molar-refractivity contribution in [3.63, 3.8) is 0 Å². The van der Waals surface area contributed by atoms with Gasteiger partial charge in [0.05, 0.1) is 0 Å². The van der Waals surface area contributed by atoms with E-state index in [1.807, 2.05) is 30.3 Å². The molecular weight excluding hydrogens is 667 g/mol. The molecule has 244 valence electrons. The fourth-order valence-electron chi connectivity index (χ4n) is 9.42. The van der Waals surface area contributed by atoms with Crippen LogP contribution in [0.2, 0.25) is 0 Å². The summed E-state index contributed by atoms with van der Waals surface area (Å²) >= 11 is 1.66. The van der Waals surface area contributed by atoms with Gasteiger partial charge in [-0.25, -0.2) is 18.1 Å². The molecule has 0 nitrogen and oxygen atoms in total. The molecule has 2 atom stereocenters. The average Bonchev–Trinajstić information content (AvgIpc) is 3.69. The summed E-state index contributed by atoms with van der Waals surface area (Å²) in [5.41, 5.74) is 10.3. The zero-order valence-corrected chi connectivity index (χ0v) is 33.4. The number of hydrogen-bond donors (Lipinski definition) is 0. The van der Waals surface area contributed by atoms with E-state index >= 15 is 0 Å². The maximum atomic E-state index is 2.62. The van der Waals surface area contributed by atoms with Gasteiger partial charge in [-0.2, -0.15) is 29.3 Å². The molecule has 0 heterocycles. The summed E-state index contributed by atoms with van der Waals surface area (Å²) in [5.74, 6) is 3.25. The van der Waals surface area contributed by atoms with E-state index in [-0.39, 0.29) is 46.5 Å². The van der Waals surface area contributed by atoms with Crippen molar-refractivity contribution in [3.05, 3.63) is 101 Å². The Morgan fingerprint density at radius 1 is 0.844 bits per heavy atom. The largest absolute Gasteiger partial charge is 1.00 e. The summed E-state index contributed by atoms with van der Waals surface area (Å²) in [6.45, 7) is 22.6. The molecule has 2 fully saturated rings. The standard InChI is InChI=1S/C29H37.C8H14.C5H5.2ClH.Zr/c1-18-25-22-17-19-13-9-10-14-20(19)24(22)21-15-11-12-16-23(21)29(25,8)28(6,7)27(4,5)26(18,2)3;1-2-8-6-4-3-5-7-8;1-2-4-5-3-1;;;/h9-11,13-15,23H,12,16-17H2,1-8H3;8H,3-7H2,1H3;1-5H;2*1H;/q-1;;-1;;;+2/p-2. The van der Waals surface area contributed by atoms with Gasteiger partial charge in [-0.15, -0.1) is 6.92 Å². The quantitative estimate of drug-likeness (QED) is 0.333. The molecule has 0 amide bonds. The molecule has 45 heavy (non-hydrogen) atoms. The van der Waals surface area contributed by atoms with Gasteiger partial charge in [-0.1, -0.05) is 113 Å². The molecule has 0 N–H and O–H groups in total. The van der Waals surface area contributed by atoms with E-state index in [1.54, 1.807) is 55.7 Å². The molecule has 0 aromatic heterocycles. The molecule has 2 aromatic rings. The second-order valence-electron chi connectivity index (χ2n) is 15.7. The van der Waals surface area contributed by atoms with Gasteiger partial charge in [0.25, 0.3) is 0 Å². The van der Waals surface area contributed by atoms with Crippen molar-refractivity contribution in [1.82, 2.24) is 0 Å². The maximum absolute atomic E-state index is 2.62. The van der Waals surface area contributed by atoms with E-state index < -0.39 is 0 Å². The predicted octanol–water partition coefficient (Wildman–Crippen LogP) is 5.68. The van der Waals surface area contributed by atoms with Gasteiger partial charge in [0.1, 0.15) is 0 Å². The molecule has 2 saturated carbocycles. The Labute approximate surface area is 303 Å². The van der Waals surface area contributed by atoms with E-state index in [0.29, 0.717) is 5.92 Å². The SMILES string of the molecule is C[C-]1C2=C3Cc4ccccc4C3=C3C=CCCC3C2(C)C(C)(C)C(C)(C)C1(C)C.C[C](=[Zr+2])C1CCCCC1.[Cl-].[Cl-].c1cc[cH-]c1. The maximum Gasteiger partial charge on any atom is -0.172 e. The minimum atomic E-state index is 0. The van der Waals surface area contributed by atoms with Crippen molar-refractivity contribution in [2.45, 2.75) is 114 Å². The Bertz CT molecular complexity index is 1390. The predicted molar refractivity (Wildman–Crippen MR) is 184 cm³/mol.